The van der Waals surface area contributed by atoms with Gasteiger partial charge in [-0.05, 0) is 51.1 Å². The zero-order valence-electron chi connectivity index (χ0n) is 12.2. The van der Waals surface area contributed by atoms with E-state index in [9.17, 15) is 4.79 Å². The summed E-state index contributed by atoms with van der Waals surface area (Å²) in [6.07, 6.45) is 8.86. The Bertz CT molecular complexity index is 300. The molecule has 110 valence electrons. The molecule has 0 bridgehead atoms. The van der Waals surface area contributed by atoms with Crippen LogP contribution in [0.25, 0.3) is 0 Å². The van der Waals surface area contributed by atoms with E-state index in [0.29, 0.717) is 25.0 Å². The summed E-state index contributed by atoms with van der Waals surface area (Å²) in [5.74, 6) is 0.202. The number of amides is 1. The zero-order valence-corrected chi connectivity index (χ0v) is 12.2. The Morgan fingerprint density at radius 2 is 2.05 bits per heavy atom. The van der Waals surface area contributed by atoms with Gasteiger partial charge in [0, 0.05) is 18.5 Å². The Balaban J connectivity index is 1.85. The number of hydrogen-bond acceptors (Lipinski definition) is 3. The van der Waals surface area contributed by atoms with Crippen molar-refractivity contribution in [1.29, 1.82) is 0 Å². The number of hydrogen-bond donors (Lipinski definition) is 3. The lowest BCUT2D eigenvalue weighted by Gasteiger charge is -2.37. The first-order chi connectivity index (χ1) is 9.15. The van der Waals surface area contributed by atoms with Crippen LogP contribution in [0, 0.1) is 5.41 Å². The molecule has 0 aromatic carbocycles. The molecule has 0 aromatic rings. The lowest BCUT2D eigenvalue weighted by Crippen LogP contribution is -2.53. The molecule has 4 N–H and O–H groups in total. The molecule has 1 saturated heterocycles. The highest BCUT2D eigenvalue weighted by Crippen LogP contribution is 2.38. The summed E-state index contributed by atoms with van der Waals surface area (Å²) < 4.78 is 0. The molecule has 2 rings (SSSR count). The van der Waals surface area contributed by atoms with Crippen LogP contribution >= 0.6 is 0 Å². The van der Waals surface area contributed by atoms with E-state index in [2.05, 4.69) is 17.6 Å². The first kappa shape index (κ1) is 14.8. The molecule has 1 heterocycles. The van der Waals surface area contributed by atoms with Crippen LogP contribution in [0.5, 0.6) is 0 Å². The molecule has 2 unspecified atom stereocenters. The van der Waals surface area contributed by atoms with Gasteiger partial charge in [-0.25, -0.2) is 0 Å². The SMILES string of the molecule is CC1NCCCC1NC(=O)CC1(CN)CCCCC1. The summed E-state index contributed by atoms with van der Waals surface area (Å²) in [5, 5.41) is 6.64. The highest BCUT2D eigenvalue weighted by Gasteiger charge is 2.34. The van der Waals surface area contributed by atoms with Crippen LogP contribution in [0.15, 0.2) is 0 Å². The van der Waals surface area contributed by atoms with Crippen molar-refractivity contribution in [1.82, 2.24) is 10.6 Å². The van der Waals surface area contributed by atoms with Gasteiger partial charge in [-0.2, -0.15) is 0 Å². The second-order valence-corrected chi connectivity index (χ2v) is 6.50. The van der Waals surface area contributed by atoms with Crippen LogP contribution < -0.4 is 16.4 Å². The van der Waals surface area contributed by atoms with Crippen molar-refractivity contribution in [2.24, 2.45) is 11.1 Å². The van der Waals surface area contributed by atoms with E-state index >= 15 is 0 Å². The predicted octanol–water partition coefficient (Wildman–Crippen LogP) is 1.54. The monoisotopic (exact) mass is 267 g/mol. The Hall–Kier alpha value is -0.610. The second-order valence-electron chi connectivity index (χ2n) is 6.50. The van der Waals surface area contributed by atoms with Crippen molar-refractivity contribution < 1.29 is 4.79 Å². The third-order valence-corrected chi connectivity index (χ3v) is 4.99. The zero-order chi connectivity index (χ0) is 13.7. The molecule has 19 heavy (non-hydrogen) atoms. The van der Waals surface area contributed by atoms with Gasteiger partial charge in [0.05, 0.1) is 0 Å². The minimum atomic E-state index is 0.0771. The minimum absolute atomic E-state index is 0.0771. The molecule has 0 radical (unpaired) electrons. The highest BCUT2D eigenvalue weighted by molar-refractivity contribution is 5.77. The smallest absolute Gasteiger partial charge is 0.220 e. The Morgan fingerprint density at radius 3 is 2.68 bits per heavy atom. The molecule has 1 aliphatic heterocycles. The average Bonchev–Trinajstić information content (AvgIpc) is 2.42. The van der Waals surface area contributed by atoms with E-state index in [4.69, 9.17) is 5.73 Å². The van der Waals surface area contributed by atoms with E-state index < -0.39 is 0 Å². The molecule has 0 spiro atoms. The maximum atomic E-state index is 12.3. The molecule has 2 atom stereocenters. The van der Waals surface area contributed by atoms with Gasteiger partial charge < -0.3 is 16.4 Å². The third kappa shape index (κ3) is 3.93. The van der Waals surface area contributed by atoms with Crippen molar-refractivity contribution >= 4 is 5.91 Å². The van der Waals surface area contributed by atoms with E-state index in [-0.39, 0.29) is 11.3 Å². The Labute approximate surface area is 116 Å². The summed E-state index contributed by atoms with van der Waals surface area (Å²) in [7, 11) is 0. The quantitative estimate of drug-likeness (QED) is 0.724. The standard InChI is InChI=1S/C15H29N3O/c1-12-13(6-5-9-17-12)18-14(19)10-15(11-16)7-3-2-4-8-15/h12-13,17H,2-11,16H2,1H3,(H,18,19). The fourth-order valence-electron chi connectivity index (χ4n) is 3.59. The maximum Gasteiger partial charge on any atom is 0.220 e. The average molecular weight is 267 g/mol. The number of carbonyl (C=O) groups is 1. The maximum absolute atomic E-state index is 12.3. The highest BCUT2D eigenvalue weighted by atomic mass is 16.1. The molecule has 1 aliphatic carbocycles. The van der Waals surface area contributed by atoms with Crippen LogP contribution in [-0.4, -0.2) is 31.1 Å². The normalized spacial score (nSPS) is 30.8. The molecule has 2 fully saturated rings. The summed E-state index contributed by atoms with van der Waals surface area (Å²) in [6, 6.07) is 0.678. The number of nitrogens with two attached hydrogens (primary N) is 1. The number of nitrogens with one attached hydrogen (secondary N) is 2. The van der Waals surface area contributed by atoms with Crippen LogP contribution in [0.4, 0.5) is 0 Å². The van der Waals surface area contributed by atoms with E-state index in [1.54, 1.807) is 0 Å². The van der Waals surface area contributed by atoms with Crippen LogP contribution in [0.2, 0.25) is 0 Å². The van der Waals surface area contributed by atoms with E-state index in [1.807, 2.05) is 0 Å². The molecule has 0 aromatic heterocycles. The van der Waals surface area contributed by atoms with Gasteiger partial charge in [-0.3, -0.25) is 4.79 Å². The van der Waals surface area contributed by atoms with Crippen LogP contribution in [0.1, 0.15) is 58.3 Å². The molecule has 1 amide bonds. The van der Waals surface area contributed by atoms with Crippen molar-refractivity contribution in [3.05, 3.63) is 0 Å². The third-order valence-electron chi connectivity index (χ3n) is 4.99. The van der Waals surface area contributed by atoms with Gasteiger partial charge in [-0.15, -0.1) is 0 Å². The first-order valence-corrected chi connectivity index (χ1v) is 7.88. The number of piperidine rings is 1. The fourth-order valence-corrected chi connectivity index (χ4v) is 3.59. The van der Waals surface area contributed by atoms with Gasteiger partial charge in [0.15, 0.2) is 0 Å². The van der Waals surface area contributed by atoms with Gasteiger partial charge in [0.2, 0.25) is 5.91 Å². The van der Waals surface area contributed by atoms with E-state index in [0.717, 1.165) is 32.2 Å². The molecular weight excluding hydrogens is 238 g/mol. The molecular formula is C15H29N3O. The summed E-state index contributed by atoms with van der Waals surface area (Å²) in [5.41, 5.74) is 6.03. The van der Waals surface area contributed by atoms with Gasteiger partial charge in [0.25, 0.3) is 0 Å². The van der Waals surface area contributed by atoms with Gasteiger partial charge in [0.1, 0.15) is 0 Å². The topological polar surface area (TPSA) is 67.1 Å². The van der Waals surface area contributed by atoms with Crippen molar-refractivity contribution in [2.45, 2.75) is 70.4 Å². The lowest BCUT2D eigenvalue weighted by atomic mass is 9.71. The largest absolute Gasteiger partial charge is 0.352 e. The van der Waals surface area contributed by atoms with Gasteiger partial charge in [-0.1, -0.05) is 19.3 Å². The minimum Gasteiger partial charge on any atom is -0.352 e. The summed E-state index contributed by atoms with van der Waals surface area (Å²) in [6.45, 7) is 3.88. The number of carbonyl (C=O) groups excluding carboxylic acids is 1. The summed E-state index contributed by atoms with van der Waals surface area (Å²) in [4.78, 5) is 12.3. The van der Waals surface area contributed by atoms with Crippen LogP contribution in [0.3, 0.4) is 0 Å². The van der Waals surface area contributed by atoms with Crippen LogP contribution in [-0.2, 0) is 4.79 Å². The molecule has 4 nitrogen and oxygen atoms in total. The first-order valence-electron chi connectivity index (χ1n) is 7.88. The fraction of sp³-hybridized carbons (Fsp3) is 0.933. The molecule has 1 saturated carbocycles. The Kier molecular flexibility index (Phi) is 5.22. The second kappa shape index (κ2) is 6.71. The predicted molar refractivity (Wildman–Crippen MR) is 77.8 cm³/mol. The molecule has 2 aliphatic rings. The summed E-state index contributed by atoms with van der Waals surface area (Å²) >= 11 is 0. The van der Waals surface area contributed by atoms with Crippen molar-refractivity contribution in [2.75, 3.05) is 13.1 Å². The Morgan fingerprint density at radius 1 is 1.32 bits per heavy atom. The van der Waals surface area contributed by atoms with Crippen molar-refractivity contribution in [3.8, 4) is 0 Å². The van der Waals surface area contributed by atoms with E-state index in [1.165, 1.54) is 19.3 Å². The van der Waals surface area contributed by atoms with Crippen molar-refractivity contribution in [3.63, 3.8) is 0 Å². The number of rotatable bonds is 4. The van der Waals surface area contributed by atoms with Gasteiger partial charge >= 0.3 is 0 Å². The lowest BCUT2D eigenvalue weighted by molar-refractivity contribution is -0.125. The molecule has 4 heteroatoms.